The number of likely N-dealkylation sites (tertiary alicyclic amines) is 3. The fraction of sp³-hybridized carbons (Fsp3) is 0.537. The van der Waals surface area contributed by atoms with Crippen LogP contribution in [0.1, 0.15) is 57.1 Å². The molecule has 3 saturated heterocycles. The number of benzene rings is 2. The quantitative estimate of drug-likeness (QED) is 0.162. The second kappa shape index (κ2) is 17.4. The van der Waals surface area contributed by atoms with Gasteiger partial charge in [-0.1, -0.05) is 87.3 Å². The predicted molar refractivity (Wildman–Crippen MR) is 202 cm³/mol. The molecule has 6 N–H and O–H groups in total. The highest BCUT2D eigenvalue weighted by Gasteiger charge is 2.45. The van der Waals surface area contributed by atoms with Crippen LogP contribution >= 0.6 is 0 Å². The largest absolute Gasteiger partial charge is 0.379 e. The van der Waals surface area contributed by atoms with Gasteiger partial charge in [-0.05, 0) is 87.9 Å². The molecular formula is C41H61N7O. The standard InChI is InChI=1S/C41H61N7O/c1-6-21-46-25-35-27-47(28-36(35)26-46)32(5)40(19-13-14-20-42)48-29(2)22-39(41(48)49)45-31(4)38(24-34-17-11-8-12-18-34)44-30(3)37(43)23-33-15-9-7-10-16-33/h7-12,15-18,29,35-40,44-45H,3-6,13-14,19-28,42-43H2,1-2H3. The Kier molecular flexibility index (Phi) is 13.0. The lowest BCUT2D eigenvalue weighted by Gasteiger charge is -2.38. The molecule has 0 saturated carbocycles. The van der Waals surface area contributed by atoms with E-state index >= 15 is 0 Å². The van der Waals surface area contributed by atoms with E-state index in [1.807, 2.05) is 36.4 Å². The molecule has 3 aliphatic heterocycles. The first-order valence-electron chi connectivity index (χ1n) is 18.6. The molecule has 7 atom stereocenters. The number of carbonyl (C=O) groups is 1. The van der Waals surface area contributed by atoms with E-state index in [1.54, 1.807) is 0 Å². The molecule has 0 aromatic heterocycles. The normalized spacial score (nSPS) is 24.0. The van der Waals surface area contributed by atoms with Gasteiger partial charge in [0.05, 0.1) is 12.1 Å². The zero-order chi connectivity index (χ0) is 34.9. The van der Waals surface area contributed by atoms with Crippen LogP contribution in [-0.2, 0) is 17.6 Å². The highest BCUT2D eigenvalue weighted by molar-refractivity contribution is 5.85. The molecular weight excluding hydrogens is 606 g/mol. The number of unbranched alkanes of at least 4 members (excludes halogenated alkanes) is 1. The van der Waals surface area contributed by atoms with Crippen LogP contribution < -0.4 is 22.1 Å². The molecule has 3 aliphatic rings. The average Bonchev–Trinajstić information content (AvgIpc) is 3.75. The van der Waals surface area contributed by atoms with E-state index in [0.717, 1.165) is 49.4 Å². The van der Waals surface area contributed by atoms with Gasteiger partial charge in [-0.15, -0.1) is 0 Å². The molecule has 3 heterocycles. The molecule has 2 aromatic rings. The van der Waals surface area contributed by atoms with Gasteiger partial charge in [-0.25, -0.2) is 0 Å². The van der Waals surface area contributed by atoms with E-state index in [-0.39, 0.29) is 36.1 Å². The number of rotatable bonds is 19. The van der Waals surface area contributed by atoms with Crippen molar-refractivity contribution in [3.8, 4) is 0 Å². The number of carbonyl (C=O) groups excluding carboxylic acids is 1. The lowest BCUT2D eigenvalue weighted by Crippen LogP contribution is -2.49. The monoisotopic (exact) mass is 667 g/mol. The lowest BCUT2D eigenvalue weighted by molar-refractivity contribution is -0.132. The smallest absolute Gasteiger partial charge is 0.245 e. The van der Waals surface area contributed by atoms with Crippen LogP contribution in [0.5, 0.6) is 0 Å². The number of nitrogens with one attached hydrogen (secondary N) is 2. The minimum Gasteiger partial charge on any atom is -0.379 e. The van der Waals surface area contributed by atoms with Crippen LogP contribution in [-0.4, -0.2) is 90.1 Å². The Morgan fingerprint density at radius 2 is 1.51 bits per heavy atom. The summed E-state index contributed by atoms with van der Waals surface area (Å²) in [7, 11) is 0. The van der Waals surface area contributed by atoms with E-state index in [0.29, 0.717) is 37.6 Å². The zero-order valence-electron chi connectivity index (χ0n) is 30.0. The van der Waals surface area contributed by atoms with E-state index in [2.05, 4.69) is 83.2 Å². The Hall–Kier alpha value is -3.59. The van der Waals surface area contributed by atoms with E-state index < -0.39 is 0 Å². The van der Waals surface area contributed by atoms with Gasteiger partial charge in [0.15, 0.2) is 0 Å². The van der Waals surface area contributed by atoms with Crippen molar-refractivity contribution in [2.45, 2.75) is 89.0 Å². The number of nitrogens with zero attached hydrogens (tertiary/aromatic N) is 3. The number of hydrogen-bond donors (Lipinski definition) is 4. The molecule has 8 heteroatoms. The summed E-state index contributed by atoms with van der Waals surface area (Å²) in [6, 6.07) is 19.8. The maximum absolute atomic E-state index is 14.3. The fourth-order valence-corrected chi connectivity index (χ4v) is 8.27. The van der Waals surface area contributed by atoms with Crippen LogP contribution in [0.15, 0.2) is 97.5 Å². The first-order valence-corrected chi connectivity index (χ1v) is 18.6. The molecule has 0 bridgehead atoms. The Labute approximate surface area is 295 Å². The fourth-order valence-electron chi connectivity index (χ4n) is 8.27. The SMILES string of the molecule is C=C(NC(Cc1ccccc1)C(=C)NC1CC(C)N(C(CCCCN)C(=C)N2CC3CN(CCC)CC3C2)C1=O)C(N)Cc1ccccc1. The van der Waals surface area contributed by atoms with Crippen molar-refractivity contribution in [1.29, 1.82) is 0 Å². The van der Waals surface area contributed by atoms with Crippen LogP contribution in [0.2, 0.25) is 0 Å². The molecule has 266 valence electrons. The van der Waals surface area contributed by atoms with Crippen molar-refractivity contribution < 1.29 is 4.79 Å². The zero-order valence-corrected chi connectivity index (χ0v) is 30.0. The third-order valence-corrected chi connectivity index (χ3v) is 10.9. The van der Waals surface area contributed by atoms with Gasteiger partial charge >= 0.3 is 0 Å². The van der Waals surface area contributed by atoms with Crippen LogP contribution in [0, 0.1) is 11.8 Å². The van der Waals surface area contributed by atoms with Gasteiger partial charge in [0.2, 0.25) is 5.91 Å². The minimum absolute atomic E-state index is 0.0336. The third-order valence-electron chi connectivity index (χ3n) is 10.9. The molecule has 5 rings (SSSR count). The van der Waals surface area contributed by atoms with Gasteiger partial charge in [-0.2, -0.15) is 0 Å². The Bertz CT molecular complexity index is 1380. The molecule has 0 radical (unpaired) electrons. The van der Waals surface area contributed by atoms with Crippen molar-refractivity contribution in [1.82, 2.24) is 25.3 Å². The lowest BCUT2D eigenvalue weighted by atomic mass is 10.00. The number of nitrogens with two attached hydrogens (primary N) is 2. The molecule has 1 amide bonds. The van der Waals surface area contributed by atoms with Gasteiger partial charge in [0.25, 0.3) is 0 Å². The summed E-state index contributed by atoms with van der Waals surface area (Å²) < 4.78 is 0. The number of fused-ring (bicyclic) bond motifs is 1. The van der Waals surface area contributed by atoms with Crippen molar-refractivity contribution in [2.24, 2.45) is 23.3 Å². The number of hydrogen-bond acceptors (Lipinski definition) is 7. The van der Waals surface area contributed by atoms with E-state index in [1.165, 1.54) is 37.2 Å². The second-order valence-electron chi connectivity index (χ2n) is 14.7. The summed E-state index contributed by atoms with van der Waals surface area (Å²) in [6.07, 6.45) is 6.08. The summed E-state index contributed by atoms with van der Waals surface area (Å²) in [5.74, 6) is 1.49. The maximum Gasteiger partial charge on any atom is 0.245 e. The summed E-state index contributed by atoms with van der Waals surface area (Å²) in [6.45, 7) is 24.2. The Morgan fingerprint density at radius 3 is 2.10 bits per heavy atom. The van der Waals surface area contributed by atoms with Crippen LogP contribution in [0.4, 0.5) is 0 Å². The van der Waals surface area contributed by atoms with Gasteiger partial charge in [0, 0.05) is 55.4 Å². The maximum atomic E-state index is 14.3. The highest BCUT2D eigenvalue weighted by Crippen LogP contribution is 2.36. The molecule has 0 aliphatic carbocycles. The summed E-state index contributed by atoms with van der Waals surface area (Å²) >= 11 is 0. The minimum atomic E-state index is -0.362. The van der Waals surface area contributed by atoms with Crippen molar-refractivity contribution in [3.05, 3.63) is 109 Å². The molecule has 7 unspecified atom stereocenters. The first kappa shape index (κ1) is 36.7. The summed E-state index contributed by atoms with van der Waals surface area (Å²) in [4.78, 5) is 21.6. The van der Waals surface area contributed by atoms with E-state index in [4.69, 9.17) is 11.5 Å². The molecule has 8 nitrogen and oxygen atoms in total. The molecule has 0 spiro atoms. The topological polar surface area (TPSA) is 103 Å². The molecule has 49 heavy (non-hydrogen) atoms. The third kappa shape index (κ3) is 9.35. The number of amides is 1. The molecule has 2 aromatic carbocycles. The highest BCUT2D eigenvalue weighted by atomic mass is 16.2. The van der Waals surface area contributed by atoms with Crippen molar-refractivity contribution in [3.63, 3.8) is 0 Å². The summed E-state index contributed by atoms with van der Waals surface area (Å²) in [5.41, 5.74) is 17.5. The van der Waals surface area contributed by atoms with Gasteiger partial charge in [0.1, 0.15) is 6.04 Å². The van der Waals surface area contributed by atoms with Crippen LogP contribution in [0.3, 0.4) is 0 Å². The van der Waals surface area contributed by atoms with Crippen molar-refractivity contribution in [2.75, 3.05) is 39.3 Å². The molecule has 3 fully saturated rings. The second-order valence-corrected chi connectivity index (χ2v) is 14.7. The predicted octanol–water partition coefficient (Wildman–Crippen LogP) is 4.65. The van der Waals surface area contributed by atoms with Gasteiger partial charge < -0.3 is 36.8 Å². The van der Waals surface area contributed by atoms with Crippen molar-refractivity contribution >= 4 is 5.91 Å². The average molecular weight is 668 g/mol. The Balaban J connectivity index is 1.26. The van der Waals surface area contributed by atoms with Gasteiger partial charge in [-0.3, -0.25) is 4.79 Å². The van der Waals surface area contributed by atoms with Crippen LogP contribution in [0.25, 0.3) is 0 Å². The summed E-state index contributed by atoms with van der Waals surface area (Å²) in [5, 5.41) is 7.18. The first-order chi connectivity index (χ1) is 23.7. The Morgan fingerprint density at radius 1 is 0.898 bits per heavy atom. The van der Waals surface area contributed by atoms with E-state index in [9.17, 15) is 4.79 Å².